The quantitative estimate of drug-likeness (QED) is 0.604. The van der Waals surface area contributed by atoms with E-state index in [1.165, 1.54) is 32.4 Å². The number of hydrogen-bond acceptors (Lipinski definition) is 3. The fourth-order valence-electron chi connectivity index (χ4n) is 2.93. The second-order valence-corrected chi connectivity index (χ2v) is 6.00. The first-order valence-electron chi connectivity index (χ1n) is 8.45. The van der Waals surface area contributed by atoms with Crippen LogP contribution >= 0.6 is 0 Å². The van der Waals surface area contributed by atoms with Crippen LogP contribution in [0.5, 0.6) is 0 Å². The Bertz CT molecular complexity index is 252. The first-order chi connectivity index (χ1) is 9.76. The molecule has 0 aromatic rings. The van der Waals surface area contributed by atoms with Crippen molar-refractivity contribution in [3.8, 4) is 0 Å². The number of nitrogens with two attached hydrogens (primary N) is 1. The zero-order valence-corrected chi connectivity index (χ0v) is 13.2. The minimum Gasteiger partial charge on any atom is -0.356 e. The van der Waals surface area contributed by atoms with Crippen LogP contribution in [0.2, 0.25) is 0 Å². The van der Waals surface area contributed by atoms with Gasteiger partial charge in [0.1, 0.15) is 0 Å². The molecule has 1 saturated heterocycles. The smallest absolute Gasteiger partial charge is 0.220 e. The molecule has 0 aromatic heterocycles. The minimum atomic E-state index is 0.208. The van der Waals surface area contributed by atoms with Crippen molar-refractivity contribution in [2.75, 3.05) is 32.7 Å². The van der Waals surface area contributed by atoms with Crippen LogP contribution in [0.15, 0.2) is 0 Å². The summed E-state index contributed by atoms with van der Waals surface area (Å²) in [7, 11) is 0. The van der Waals surface area contributed by atoms with Gasteiger partial charge in [0.25, 0.3) is 0 Å². The van der Waals surface area contributed by atoms with Crippen LogP contribution in [0, 0.1) is 5.92 Å². The van der Waals surface area contributed by atoms with Crippen LogP contribution < -0.4 is 11.1 Å². The normalized spacial score (nSPS) is 17.9. The van der Waals surface area contributed by atoms with Gasteiger partial charge in [0.2, 0.25) is 5.91 Å². The van der Waals surface area contributed by atoms with E-state index in [4.69, 9.17) is 5.73 Å². The third-order valence-electron chi connectivity index (χ3n) is 4.35. The van der Waals surface area contributed by atoms with Gasteiger partial charge in [0, 0.05) is 13.0 Å². The van der Waals surface area contributed by atoms with E-state index in [2.05, 4.69) is 17.1 Å². The molecular weight excluding hydrogens is 250 g/mol. The van der Waals surface area contributed by atoms with Crippen molar-refractivity contribution in [2.24, 2.45) is 11.7 Å². The third kappa shape index (κ3) is 7.85. The number of likely N-dealkylation sites (tertiary alicyclic amines) is 1. The molecule has 4 nitrogen and oxygen atoms in total. The molecule has 0 saturated carbocycles. The summed E-state index contributed by atoms with van der Waals surface area (Å²) < 4.78 is 0. The van der Waals surface area contributed by atoms with E-state index in [1.54, 1.807) is 0 Å². The van der Waals surface area contributed by atoms with Crippen LogP contribution in [-0.4, -0.2) is 43.5 Å². The van der Waals surface area contributed by atoms with Crippen molar-refractivity contribution in [3.05, 3.63) is 0 Å². The summed E-state index contributed by atoms with van der Waals surface area (Å²) in [5, 5.41) is 3.05. The highest BCUT2D eigenvalue weighted by Gasteiger charge is 2.10. The standard InChI is InChI=1S/C16H33N3O/c1-2-15(9-10-17)7-8-16(20)18-11-6-14-19-12-4-3-5-13-19/h15H,2-14,17H2,1H3,(H,18,20). The molecule has 20 heavy (non-hydrogen) atoms. The molecule has 1 rings (SSSR count). The van der Waals surface area contributed by atoms with Crippen molar-refractivity contribution >= 4 is 5.91 Å². The van der Waals surface area contributed by atoms with Gasteiger partial charge in [-0.05, 0) is 64.2 Å². The molecule has 0 radical (unpaired) electrons. The van der Waals surface area contributed by atoms with Crippen molar-refractivity contribution in [3.63, 3.8) is 0 Å². The molecule has 1 heterocycles. The van der Waals surface area contributed by atoms with Crippen molar-refractivity contribution in [1.82, 2.24) is 10.2 Å². The Morgan fingerprint density at radius 3 is 2.65 bits per heavy atom. The fraction of sp³-hybridized carbons (Fsp3) is 0.938. The molecule has 118 valence electrons. The predicted molar refractivity (Wildman–Crippen MR) is 84.6 cm³/mol. The van der Waals surface area contributed by atoms with Gasteiger partial charge in [-0.2, -0.15) is 0 Å². The SMILES string of the molecule is CCC(CCN)CCC(=O)NCCCN1CCCCC1. The summed E-state index contributed by atoms with van der Waals surface area (Å²) >= 11 is 0. The number of piperidine rings is 1. The van der Waals surface area contributed by atoms with Crippen LogP contribution in [0.3, 0.4) is 0 Å². The molecule has 1 aliphatic heterocycles. The molecule has 0 aromatic carbocycles. The Morgan fingerprint density at radius 1 is 1.25 bits per heavy atom. The largest absolute Gasteiger partial charge is 0.356 e. The highest BCUT2D eigenvalue weighted by molar-refractivity contribution is 5.75. The van der Waals surface area contributed by atoms with Gasteiger partial charge < -0.3 is 16.0 Å². The van der Waals surface area contributed by atoms with E-state index >= 15 is 0 Å². The lowest BCUT2D eigenvalue weighted by Gasteiger charge is -2.26. The van der Waals surface area contributed by atoms with Crippen LogP contribution in [-0.2, 0) is 4.79 Å². The first-order valence-corrected chi connectivity index (χ1v) is 8.45. The van der Waals surface area contributed by atoms with Gasteiger partial charge in [0.05, 0.1) is 0 Å². The number of nitrogens with zero attached hydrogens (tertiary/aromatic N) is 1. The van der Waals surface area contributed by atoms with E-state index in [1.807, 2.05) is 0 Å². The Hall–Kier alpha value is -0.610. The minimum absolute atomic E-state index is 0.208. The predicted octanol–water partition coefficient (Wildman–Crippen LogP) is 2.13. The molecule has 1 atom stereocenters. The van der Waals surface area contributed by atoms with E-state index in [9.17, 15) is 4.79 Å². The Balaban J connectivity index is 1.99. The second kappa shape index (κ2) is 11.1. The number of nitrogens with one attached hydrogen (secondary N) is 1. The molecule has 3 N–H and O–H groups in total. The summed E-state index contributed by atoms with van der Waals surface area (Å²) in [6.45, 7) is 7.34. The van der Waals surface area contributed by atoms with Crippen molar-refractivity contribution in [1.29, 1.82) is 0 Å². The highest BCUT2D eigenvalue weighted by Crippen LogP contribution is 2.14. The average molecular weight is 283 g/mol. The highest BCUT2D eigenvalue weighted by atomic mass is 16.1. The van der Waals surface area contributed by atoms with E-state index in [0.717, 1.165) is 45.3 Å². The molecule has 0 spiro atoms. The van der Waals surface area contributed by atoms with E-state index < -0.39 is 0 Å². The van der Waals surface area contributed by atoms with E-state index in [0.29, 0.717) is 12.3 Å². The average Bonchev–Trinajstić information content (AvgIpc) is 2.49. The maximum Gasteiger partial charge on any atom is 0.220 e. The Kier molecular flexibility index (Phi) is 9.67. The first kappa shape index (κ1) is 17.4. The lowest BCUT2D eigenvalue weighted by molar-refractivity contribution is -0.121. The van der Waals surface area contributed by atoms with Gasteiger partial charge in [-0.25, -0.2) is 0 Å². The molecule has 1 unspecified atom stereocenters. The summed E-state index contributed by atoms with van der Waals surface area (Å²) in [5.41, 5.74) is 5.58. The molecular formula is C16H33N3O. The summed E-state index contributed by atoms with van der Waals surface area (Å²) in [4.78, 5) is 14.3. The summed E-state index contributed by atoms with van der Waals surface area (Å²) in [5.74, 6) is 0.818. The van der Waals surface area contributed by atoms with Gasteiger partial charge in [-0.3, -0.25) is 4.79 Å². The number of rotatable bonds is 10. The number of carbonyl (C=O) groups is 1. The van der Waals surface area contributed by atoms with Crippen LogP contribution in [0.25, 0.3) is 0 Å². The lowest BCUT2D eigenvalue weighted by Crippen LogP contribution is -2.33. The maximum absolute atomic E-state index is 11.8. The lowest BCUT2D eigenvalue weighted by atomic mass is 9.96. The molecule has 1 aliphatic rings. The second-order valence-electron chi connectivity index (χ2n) is 6.00. The monoisotopic (exact) mass is 283 g/mol. The van der Waals surface area contributed by atoms with Crippen molar-refractivity contribution < 1.29 is 4.79 Å². The molecule has 4 heteroatoms. The molecule has 0 bridgehead atoms. The van der Waals surface area contributed by atoms with Crippen LogP contribution in [0.1, 0.15) is 58.3 Å². The Morgan fingerprint density at radius 2 is 2.00 bits per heavy atom. The zero-order chi connectivity index (χ0) is 14.6. The molecule has 0 aliphatic carbocycles. The number of hydrogen-bond donors (Lipinski definition) is 2. The Labute approximate surface area is 124 Å². The zero-order valence-electron chi connectivity index (χ0n) is 13.2. The topological polar surface area (TPSA) is 58.4 Å². The van der Waals surface area contributed by atoms with Crippen LogP contribution in [0.4, 0.5) is 0 Å². The number of carbonyl (C=O) groups excluding carboxylic acids is 1. The molecule has 1 fully saturated rings. The van der Waals surface area contributed by atoms with Gasteiger partial charge >= 0.3 is 0 Å². The maximum atomic E-state index is 11.8. The van der Waals surface area contributed by atoms with E-state index in [-0.39, 0.29) is 5.91 Å². The summed E-state index contributed by atoms with van der Waals surface area (Å²) in [6, 6.07) is 0. The van der Waals surface area contributed by atoms with Gasteiger partial charge in [-0.1, -0.05) is 19.8 Å². The third-order valence-corrected chi connectivity index (χ3v) is 4.35. The fourth-order valence-corrected chi connectivity index (χ4v) is 2.93. The van der Waals surface area contributed by atoms with Gasteiger partial charge in [-0.15, -0.1) is 0 Å². The van der Waals surface area contributed by atoms with Gasteiger partial charge in [0.15, 0.2) is 0 Å². The number of amides is 1. The van der Waals surface area contributed by atoms with Crippen molar-refractivity contribution in [2.45, 2.75) is 58.3 Å². The summed E-state index contributed by atoms with van der Waals surface area (Å²) in [6.07, 6.45) is 8.93. The molecule has 1 amide bonds.